The third kappa shape index (κ3) is 1.54. The molecule has 0 aliphatic heterocycles. The lowest BCUT2D eigenvalue weighted by molar-refractivity contribution is 0.718. The van der Waals surface area contributed by atoms with E-state index in [1.807, 2.05) is 24.3 Å². The molecule has 0 aliphatic rings. The molecule has 2 N–H and O–H groups in total. The minimum Gasteiger partial charge on any atom is -0.326 e. The molecule has 1 heterocycles. The summed E-state index contributed by atoms with van der Waals surface area (Å²) in [6.45, 7) is 0.506. The smallest absolute Gasteiger partial charge is 0.246 e. The Morgan fingerprint density at radius 3 is 3.08 bits per heavy atom. The highest BCUT2D eigenvalue weighted by atomic mass is 15.6. The van der Waals surface area contributed by atoms with Gasteiger partial charge in [-0.25, -0.2) is 0 Å². The van der Waals surface area contributed by atoms with Crippen molar-refractivity contribution in [2.75, 3.05) is 0 Å². The van der Waals surface area contributed by atoms with E-state index in [-0.39, 0.29) is 0 Å². The van der Waals surface area contributed by atoms with Crippen LogP contribution in [0.5, 0.6) is 0 Å². The molecule has 0 saturated heterocycles. The average molecular weight is 174 g/mol. The van der Waals surface area contributed by atoms with Crippen molar-refractivity contribution in [3.63, 3.8) is 0 Å². The summed E-state index contributed by atoms with van der Waals surface area (Å²) in [6.07, 6.45) is 2.39. The first-order valence-electron chi connectivity index (χ1n) is 3.85. The molecule has 0 bridgehead atoms. The molecule has 1 aromatic heterocycles. The van der Waals surface area contributed by atoms with Crippen molar-refractivity contribution in [1.82, 2.24) is 20.2 Å². The molecule has 0 amide bonds. The second kappa shape index (κ2) is 3.32. The molecule has 0 spiro atoms. The molecule has 0 fully saturated rings. The van der Waals surface area contributed by atoms with Crippen LogP contribution < -0.4 is 5.73 Å². The van der Waals surface area contributed by atoms with E-state index >= 15 is 0 Å². The molecule has 5 heteroatoms. The molecule has 0 unspecified atom stereocenters. The Labute approximate surface area is 75.2 Å². The molecule has 1 aromatic carbocycles. The molecule has 2 rings (SSSR count). The number of nitrogens with zero attached hydrogens (tertiary/aromatic N) is 4. The first kappa shape index (κ1) is 7.88. The number of nitrogens with two attached hydrogens (primary N) is 1. The minimum absolute atomic E-state index is 0.506. The summed E-state index contributed by atoms with van der Waals surface area (Å²) in [4.78, 5) is 1.40. The van der Waals surface area contributed by atoms with Crippen LogP contribution in [0.15, 0.2) is 24.3 Å². The second-order valence-corrected chi connectivity index (χ2v) is 2.55. The summed E-state index contributed by atoms with van der Waals surface area (Å²) in [7, 11) is 0. The van der Waals surface area contributed by atoms with E-state index in [1.165, 1.54) is 4.80 Å². The van der Waals surface area contributed by atoms with E-state index < -0.39 is 0 Å². The second-order valence-electron chi connectivity index (χ2n) is 2.55. The Morgan fingerprint density at radius 1 is 1.46 bits per heavy atom. The predicted molar refractivity (Wildman–Crippen MR) is 45.9 cm³/mol. The molecule has 0 aliphatic carbocycles. The molecule has 0 atom stereocenters. The highest BCUT2D eigenvalue weighted by molar-refractivity contribution is 5.33. The minimum atomic E-state index is 0.506. The molecule has 0 saturated carbocycles. The molecular weight excluding hydrogens is 166 g/mol. The van der Waals surface area contributed by atoms with Gasteiger partial charge in [0, 0.05) is 6.54 Å². The van der Waals surface area contributed by atoms with Crippen molar-refractivity contribution < 1.29 is 0 Å². The normalized spacial score (nSPS) is 10.2. The summed E-state index contributed by atoms with van der Waals surface area (Å²) in [5, 5.41) is 11.0. The zero-order valence-corrected chi connectivity index (χ0v) is 6.88. The summed E-state index contributed by atoms with van der Waals surface area (Å²) in [5.41, 5.74) is 7.38. The van der Waals surface area contributed by atoms with Gasteiger partial charge in [-0.1, -0.05) is 12.1 Å². The van der Waals surface area contributed by atoms with Gasteiger partial charge in [0.1, 0.15) is 0 Å². The van der Waals surface area contributed by atoms with Gasteiger partial charge < -0.3 is 5.73 Å². The maximum absolute atomic E-state index is 5.50. The molecule has 65 valence electrons. The largest absolute Gasteiger partial charge is 0.326 e. The molecule has 1 radical (unpaired) electrons. The topological polar surface area (TPSA) is 69.6 Å². The Balaban J connectivity index is 2.41. The fraction of sp³-hybridized carbons (Fsp3) is 0.125. The number of benzene rings is 1. The van der Waals surface area contributed by atoms with Gasteiger partial charge in [0.05, 0.1) is 5.69 Å². The highest BCUT2D eigenvalue weighted by Crippen LogP contribution is 2.06. The first-order chi connectivity index (χ1) is 6.40. The van der Waals surface area contributed by atoms with Crippen LogP contribution >= 0.6 is 0 Å². The molecular formula is C8H8N5. The fourth-order valence-electron chi connectivity index (χ4n) is 1.06. The SMILES string of the molecule is NCc1cccc(-n2n[c]nn2)c1. The Bertz CT molecular complexity index is 381. The van der Waals surface area contributed by atoms with Crippen LogP contribution in [0.1, 0.15) is 5.56 Å². The quantitative estimate of drug-likeness (QED) is 0.691. The van der Waals surface area contributed by atoms with Crippen molar-refractivity contribution in [3.05, 3.63) is 36.2 Å². The first-order valence-corrected chi connectivity index (χ1v) is 3.85. The van der Waals surface area contributed by atoms with Gasteiger partial charge in [0.15, 0.2) is 0 Å². The number of rotatable bonds is 2. The standard InChI is InChI=1S/C8H8N5/c9-5-7-2-1-3-8(4-7)13-11-6-10-12-13/h1-4H,5,9H2. The number of aromatic nitrogens is 4. The lowest BCUT2D eigenvalue weighted by Gasteiger charge is -2.00. The zero-order chi connectivity index (χ0) is 9.10. The fourth-order valence-corrected chi connectivity index (χ4v) is 1.06. The van der Waals surface area contributed by atoms with E-state index in [0.717, 1.165) is 11.3 Å². The molecule has 5 nitrogen and oxygen atoms in total. The summed E-state index contributed by atoms with van der Waals surface area (Å²) < 4.78 is 0. The number of hydrogen-bond donors (Lipinski definition) is 1. The van der Waals surface area contributed by atoms with Crippen LogP contribution in [0.3, 0.4) is 0 Å². The maximum atomic E-state index is 5.50. The predicted octanol–water partition coefficient (Wildman–Crippen LogP) is -0.0788. The van der Waals surface area contributed by atoms with Crippen LogP contribution in [-0.2, 0) is 6.54 Å². The van der Waals surface area contributed by atoms with Gasteiger partial charge in [-0.05, 0) is 22.9 Å². The zero-order valence-electron chi connectivity index (χ0n) is 6.88. The van der Waals surface area contributed by atoms with E-state index in [1.54, 1.807) is 0 Å². The van der Waals surface area contributed by atoms with Gasteiger partial charge in [0.25, 0.3) is 0 Å². The number of tetrazole rings is 1. The Hall–Kier alpha value is -1.75. The van der Waals surface area contributed by atoms with Gasteiger partial charge >= 0.3 is 0 Å². The van der Waals surface area contributed by atoms with E-state index in [2.05, 4.69) is 21.7 Å². The van der Waals surface area contributed by atoms with Crippen molar-refractivity contribution in [1.29, 1.82) is 0 Å². The van der Waals surface area contributed by atoms with Crippen molar-refractivity contribution in [2.45, 2.75) is 6.54 Å². The van der Waals surface area contributed by atoms with E-state index in [4.69, 9.17) is 5.73 Å². The Kier molecular flexibility index (Phi) is 2.01. The summed E-state index contributed by atoms with van der Waals surface area (Å²) in [6, 6.07) is 7.65. The molecule has 2 aromatic rings. The lowest BCUT2D eigenvalue weighted by Crippen LogP contribution is -2.01. The third-order valence-electron chi connectivity index (χ3n) is 1.69. The van der Waals surface area contributed by atoms with Crippen molar-refractivity contribution in [2.24, 2.45) is 5.73 Å². The molecule has 13 heavy (non-hydrogen) atoms. The highest BCUT2D eigenvalue weighted by Gasteiger charge is 1.98. The van der Waals surface area contributed by atoms with Gasteiger partial charge in [-0.2, -0.15) is 0 Å². The van der Waals surface area contributed by atoms with E-state index in [9.17, 15) is 0 Å². The van der Waals surface area contributed by atoms with Crippen LogP contribution in [0.4, 0.5) is 0 Å². The number of hydrogen-bond acceptors (Lipinski definition) is 4. The lowest BCUT2D eigenvalue weighted by atomic mass is 10.2. The summed E-state index contributed by atoms with van der Waals surface area (Å²) >= 11 is 0. The van der Waals surface area contributed by atoms with Crippen molar-refractivity contribution >= 4 is 0 Å². The van der Waals surface area contributed by atoms with Gasteiger partial charge in [0.2, 0.25) is 6.33 Å². The Morgan fingerprint density at radius 2 is 2.38 bits per heavy atom. The van der Waals surface area contributed by atoms with Gasteiger partial charge in [-0.3, -0.25) is 0 Å². The third-order valence-corrected chi connectivity index (χ3v) is 1.69. The van der Waals surface area contributed by atoms with Crippen LogP contribution in [0, 0.1) is 6.33 Å². The van der Waals surface area contributed by atoms with Gasteiger partial charge in [-0.15, -0.1) is 15.0 Å². The van der Waals surface area contributed by atoms with E-state index in [0.29, 0.717) is 6.54 Å². The van der Waals surface area contributed by atoms with Crippen molar-refractivity contribution in [3.8, 4) is 5.69 Å². The van der Waals surface area contributed by atoms with Crippen LogP contribution in [-0.4, -0.2) is 20.2 Å². The average Bonchev–Trinajstić information content (AvgIpc) is 2.71. The van der Waals surface area contributed by atoms with Crippen LogP contribution in [0.2, 0.25) is 0 Å². The van der Waals surface area contributed by atoms with Crippen LogP contribution in [0.25, 0.3) is 5.69 Å². The monoisotopic (exact) mass is 174 g/mol. The summed E-state index contributed by atoms with van der Waals surface area (Å²) in [5.74, 6) is 0. The maximum Gasteiger partial charge on any atom is 0.246 e.